The molecule has 27 heavy (non-hydrogen) atoms. The maximum atomic E-state index is 13.6. The average Bonchev–Trinajstić information content (AvgIpc) is 3.15. The van der Waals surface area contributed by atoms with Crippen LogP contribution in [0.3, 0.4) is 0 Å². The molecular weight excluding hydrogens is 358 g/mol. The van der Waals surface area contributed by atoms with Crippen molar-refractivity contribution in [2.24, 2.45) is 5.92 Å². The van der Waals surface area contributed by atoms with Crippen molar-refractivity contribution in [3.63, 3.8) is 0 Å². The number of nitrogens with zero attached hydrogens (tertiary/aromatic N) is 2. The number of ether oxygens (including phenoxy) is 1. The Kier molecular flexibility index (Phi) is 6.05. The average molecular weight is 380 g/mol. The Labute approximate surface area is 155 Å². The number of piperidine rings is 1. The zero-order valence-electron chi connectivity index (χ0n) is 15.0. The molecule has 146 valence electrons. The zero-order chi connectivity index (χ0) is 19.4. The van der Waals surface area contributed by atoms with E-state index in [2.05, 4.69) is 5.16 Å². The fraction of sp³-hybridized carbons (Fsp3) is 0.474. The van der Waals surface area contributed by atoms with Crippen molar-refractivity contribution in [3.8, 4) is 5.75 Å². The number of carbonyl (C=O) groups is 1. The molecule has 0 unspecified atom stereocenters. The van der Waals surface area contributed by atoms with Crippen molar-refractivity contribution in [2.45, 2.75) is 38.9 Å². The minimum Gasteiger partial charge on any atom is -0.482 e. The molecule has 0 spiro atoms. The van der Waals surface area contributed by atoms with Crippen molar-refractivity contribution in [2.75, 3.05) is 13.1 Å². The normalized spacial score (nSPS) is 16.4. The Morgan fingerprint density at radius 3 is 2.78 bits per heavy atom. The summed E-state index contributed by atoms with van der Waals surface area (Å²) in [7, 11) is 0. The highest BCUT2D eigenvalue weighted by Gasteiger charge is 2.28. The van der Waals surface area contributed by atoms with E-state index in [0.717, 1.165) is 25.0 Å². The first-order chi connectivity index (χ1) is 13.0. The highest BCUT2D eigenvalue weighted by Crippen LogP contribution is 2.24. The molecule has 1 amide bonds. The molecule has 1 aliphatic heterocycles. The van der Waals surface area contributed by atoms with Gasteiger partial charge in [-0.25, -0.2) is 8.78 Å². The Hall–Kier alpha value is -2.48. The molecule has 1 saturated heterocycles. The lowest BCUT2D eigenvalue weighted by atomic mass is 9.90. The lowest BCUT2D eigenvalue weighted by Gasteiger charge is -2.33. The molecule has 2 aromatic rings. The predicted octanol–water partition coefficient (Wildman–Crippen LogP) is 3.15. The van der Waals surface area contributed by atoms with Crippen LogP contribution in [0.15, 0.2) is 28.8 Å². The van der Waals surface area contributed by atoms with E-state index < -0.39 is 11.6 Å². The summed E-state index contributed by atoms with van der Waals surface area (Å²) in [5, 5.41) is 13.7. The number of aromatic nitrogens is 1. The SMILES string of the molecule is CC[C@H](O)C1CCN(C(=O)c2cc(COc3ccc(F)cc3F)on2)CC1. The maximum absolute atomic E-state index is 13.6. The molecule has 0 aliphatic carbocycles. The van der Waals surface area contributed by atoms with Gasteiger partial charge in [0.2, 0.25) is 0 Å². The summed E-state index contributed by atoms with van der Waals surface area (Å²) in [5.74, 6) is -1.39. The van der Waals surface area contributed by atoms with E-state index >= 15 is 0 Å². The number of likely N-dealkylation sites (tertiary alicyclic amines) is 1. The number of benzene rings is 1. The fourth-order valence-electron chi connectivity index (χ4n) is 3.21. The van der Waals surface area contributed by atoms with Crippen LogP contribution >= 0.6 is 0 Å². The molecule has 1 aromatic carbocycles. The number of carbonyl (C=O) groups excluding carboxylic acids is 1. The van der Waals surface area contributed by atoms with Crippen LogP contribution in [0, 0.1) is 17.6 Å². The first kappa shape index (κ1) is 19.3. The summed E-state index contributed by atoms with van der Waals surface area (Å²) in [6, 6.07) is 4.45. The molecule has 1 N–H and O–H groups in total. The molecule has 0 saturated carbocycles. The van der Waals surface area contributed by atoms with Crippen LogP contribution in [0.1, 0.15) is 42.4 Å². The lowest BCUT2D eigenvalue weighted by molar-refractivity contribution is 0.0447. The van der Waals surface area contributed by atoms with Crippen LogP contribution in [0.25, 0.3) is 0 Å². The molecule has 0 radical (unpaired) electrons. The topological polar surface area (TPSA) is 75.8 Å². The predicted molar refractivity (Wildman–Crippen MR) is 92.1 cm³/mol. The van der Waals surface area contributed by atoms with Gasteiger partial charge in [0.25, 0.3) is 5.91 Å². The van der Waals surface area contributed by atoms with Gasteiger partial charge in [0.1, 0.15) is 12.4 Å². The number of hydrogen-bond acceptors (Lipinski definition) is 5. The van der Waals surface area contributed by atoms with Crippen LogP contribution in [0.2, 0.25) is 0 Å². The Morgan fingerprint density at radius 2 is 2.11 bits per heavy atom. The first-order valence-electron chi connectivity index (χ1n) is 8.98. The van der Waals surface area contributed by atoms with Crippen molar-refractivity contribution in [3.05, 3.63) is 47.4 Å². The highest BCUT2D eigenvalue weighted by molar-refractivity contribution is 5.92. The molecule has 8 heteroatoms. The number of hydrogen-bond donors (Lipinski definition) is 1. The van der Waals surface area contributed by atoms with E-state index in [0.29, 0.717) is 19.5 Å². The number of rotatable bonds is 6. The summed E-state index contributed by atoms with van der Waals surface area (Å²) in [4.78, 5) is 14.2. The third-order valence-electron chi connectivity index (χ3n) is 4.83. The lowest BCUT2D eigenvalue weighted by Crippen LogP contribution is -2.41. The zero-order valence-corrected chi connectivity index (χ0v) is 15.0. The maximum Gasteiger partial charge on any atom is 0.276 e. The van der Waals surface area contributed by atoms with Crippen LogP contribution < -0.4 is 4.74 Å². The summed E-state index contributed by atoms with van der Waals surface area (Å²) >= 11 is 0. The molecule has 1 atom stereocenters. The summed E-state index contributed by atoms with van der Waals surface area (Å²) in [6.45, 7) is 2.92. The number of amides is 1. The van der Waals surface area contributed by atoms with Crippen molar-refractivity contribution in [1.82, 2.24) is 10.1 Å². The van der Waals surface area contributed by atoms with Gasteiger partial charge in [0, 0.05) is 25.2 Å². The van der Waals surface area contributed by atoms with Gasteiger partial charge in [0.05, 0.1) is 6.10 Å². The van der Waals surface area contributed by atoms with Gasteiger partial charge in [-0.3, -0.25) is 4.79 Å². The Bertz CT molecular complexity index is 788. The van der Waals surface area contributed by atoms with E-state index in [1.54, 1.807) is 4.90 Å². The van der Waals surface area contributed by atoms with Gasteiger partial charge in [-0.2, -0.15) is 0 Å². The fourth-order valence-corrected chi connectivity index (χ4v) is 3.21. The second-order valence-corrected chi connectivity index (χ2v) is 6.65. The molecule has 0 bridgehead atoms. The van der Waals surface area contributed by atoms with Crippen molar-refractivity contribution < 1.29 is 27.9 Å². The van der Waals surface area contributed by atoms with Gasteiger partial charge in [-0.1, -0.05) is 12.1 Å². The minimum absolute atomic E-state index is 0.114. The van der Waals surface area contributed by atoms with E-state index in [4.69, 9.17) is 9.26 Å². The summed E-state index contributed by atoms with van der Waals surface area (Å²) < 4.78 is 36.8. The quantitative estimate of drug-likeness (QED) is 0.833. The molecule has 1 fully saturated rings. The van der Waals surface area contributed by atoms with Crippen molar-refractivity contribution in [1.29, 1.82) is 0 Å². The smallest absolute Gasteiger partial charge is 0.276 e. The van der Waals surface area contributed by atoms with Gasteiger partial charge in [-0.15, -0.1) is 0 Å². The van der Waals surface area contributed by atoms with E-state index in [1.807, 2.05) is 6.92 Å². The van der Waals surface area contributed by atoms with Gasteiger partial charge < -0.3 is 19.3 Å². The van der Waals surface area contributed by atoms with Gasteiger partial charge in [-0.05, 0) is 37.3 Å². The third-order valence-corrected chi connectivity index (χ3v) is 4.83. The Balaban J connectivity index is 1.55. The van der Waals surface area contributed by atoms with Crippen LogP contribution in [0.5, 0.6) is 5.75 Å². The van der Waals surface area contributed by atoms with E-state index in [-0.39, 0.29) is 41.7 Å². The minimum atomic E-state index is -0.817. The monoisotopic (exact) mass is 380 g/mol. The third kappa shape index (κ3) is 4.63. The highest BCUT2D eigenvalue weighted by atomic mass is 19.1. The number of halogens is 2. The molecule has 1 aliphatic rings. The van der Waals surface area contributed by atoms with Crippen LogP contribution in [-0.2, 0) is 6.61 Å². The van der Waals surface area contributed by atoms with Gasteiger partial charge >= 0.3 is 0 Å². The van der Waals surface area contributed by atoms with Gasteiger partial charge in [0.15, 0.2) is 23.0 Å². The largest absolute Gasteiger partial charge is 0.482 e. The molecule has 2 heterocycles. The standard InChI is InChI=1S/C19H22F2N2O4/c1-2-17(24)12-5-7-23(8-6-12)19(25)16-10-14(27-22-16)11-26-18-4-3-13(20)9-15(18)21/h3-4,9-10,12,17,24H,2,5-8,11H2,1H3/t17-/m0/s1. The molecular formula is C19H22F2N2O4. The first-order valence-corrected chi connectivity index (χ1v) is 8.98. The van der Waals surface area contributed by atoms with E-state index in [1.165, 1.54) is 12.1 Å². The number of aliphatic hydroxyl groups is 1. The van der Waals surface area contributed by atoms with Crippen LogP contribution in [-0.4, -0.2) is 40.3 Å². The van der Waals surface area contributed by atoms with E-state index in [9.17, 15) is 18.7 Å². The second-order valence-electron chi connectivity index (χ2n) is 6.65. The second kappa shape index (κ2) is 8.47. The molecule has 3 rings (SSSR count). The Morgan fingerprint density at radius 1 is 1.37 bits per heavy atom. The molecule has 6 nitrogen and oxygen atoms in total. The van der Waals surface area contributed by atoms with Crippen molar-refractivity contribution >= 4 is 5.91 Å². The number of aliphatic hydroxyl groups excluding tert-OH is 1. The molecule has 1 aromatic heterocycles. The summed E-state index contributed by atoms with van der Waals surface area (Å²) in [6.07, 6.45) is 1.88. The summed E-state index contributed by atoms with van der Waals surface area (Å²) in [5.41, 5.74) is 0.155. The van der Waals surface area contributed by atoms with Crippen LogP contribution in [0.4, 0.5) is 8.78 Å².